The maximum atomic E-state index is 12.4. The molecule has 0 aromatic rings. The molecule has 0 aromatic carbocycles. The minimum atomic E-state index is -2.04. The van der Waals surface area contributed by atoms with Gasteiger partial charge < -0.3 is 55.6 Å². The molecule has 3 aliphatic rings. The van der Waals surface area contributed by atoms with Crippen molar-refractivity contribution < 1.29 is 55.1 Å². The Hall–Kier alpha value is -1.19. The van der Waals surface area contributed by atoms with Crippen LogP contribution in [0.15, 0.2) is 12.2 Å². The van der Waals surface area contributed by atoms with E-state index in [0.29, 0.717) is 18.4 Å². The number of nitrogens with one attached hydrogen (secondary N) is 1. The van der Waals surface area contributed by atoms with Gasteiger partial charge in [0.25, 0.3) is 5.91 Å². The molecule has 0 aromatic heterocycles. The highest BCUT2D eigenvalue weighted by molar-refractivity contribution is 5.81. The van der Waals surface area contributed by atoms with Crippen LogP contribution in [0.3, 0.4) is 0 Å². The van der Waals surface area contributed by atoms with Gasteiger partial charge in [0.2, 0.25) is 0 Å². The molecule has 12 atom stereocenters. The summed E-state index contributed by atoms with van der Waals surface area (Å²) in [6.07, 6.45) is -9.81. The number of fused-ring (bicyclic) bond motifs is 2. The molecule has 184 valence electrons. The van der Waals surface area contributed by atoms with Crippen LogP contribution >= 0.6 is 0 Å². The summed E-state index contributed by atoms with van der Waals surface area (Å²) in [6.45, 7) is -1.36. The van der Waals surface area contributed by atoms with E-state index in [1.165, 1.54) is 0 Å². The Bertz CT molecular complexity index is 661. The SMILES string of the molecule is O=C(NCC1CC2C=CC1C2)[C@H](O)[C@@H](O)[C@H](O[C@@H]1O[C@H](CO)[C@H](O)[C@H](O)[C@H]1O)[C@H](O)CO. The first-order chi connectivity index (χ1) is 15.2. The lowest BCUT2D eigenvalue weighted by Gasteiger charge is -2.42. The van der Waals surface area contributed by atoms with Crippen LogP contribution in [-0.4, -0.2) is 122 Å². The number of carbonyl (C=O) groups excluding carboxylic acids is 1. The molecular formula is C20H33NO11. The Morgan fingerprint density at radius 1 is 1.06 bits per heavy atom. The van der Waals surface area contributed by atoms with Crippen molar-refractivity contribution in [2.75, 3.05) is 19.8 Å². The fourth-order valence-electron chi connectivity index (χ4n) is 4.64. The first-order valence-electron chi connectivity index (χ1n) is 10.7. The lowest BCUT2D eigenvalue weighted by molar-refractivity contribution is -0.326. The Labute approximate surface area is 184 Å². The minimum Gasteiger partial charge on any atom is -0.394 e. The Morgan fingerprint density at radius 3 is 2.34 bits per heavy atom. The number of carbonyl (C=O) groups is 1. The predicted molar refractivity (Wildman–Crippen MR) is 106 cm³/mol. The van der Waals surface area contributed by atoms with Gasteiger partial charge in [0.1, 0.15) is 42.7 Å². The molecule has 1 saturated carbocycles. The zero-order valence-electron chi connectivity index (χ0n) is 17.4. The van der Waals surface area contributed by atoms with Crippen LogP contribution in [0.2, 0.25) is 0 Å². The molecular weight excluding hydrogens is 430 g/mol. The third-order valence-corrected chi connectivity index (χ3v) is 6.59. The van der Waals surface area contributed by atoms with Gasteiger partial charge in [-0.3, -0.25) is 4.79 Å². The highest BCUT2D eigenvalue weighted by Gasteiger charge is 2.47. The average molecular weight is 463 g/mol. The zero-order chi connectivity index (χ0) is 23.6. The van der Waals surface area contributed by atoms with E-state index in [1.54, 1.807) is 0 Å². The maximum Gasteiger partial charge on any atom is 0.251 e. The molecule has 1 heterocycles. The van der Waals surface area contributed by atoms with Crippen LogP contribution in [-0.2, 0) is 14.3 Å². The van der Waals surface area contributed by atoms with Gasteiger partial charge in [0, 0.05) is 6.54 Å². The molecule has 1 amide bonds. The van der Waals surface area contributed by atoms with Crippen molar-refractivity contribution in [1.82, 2.24) is 5.32 Å². The summed E-state index contributed by atoms with van der Waals surface area (Å²) in [5, 5.41) is 81.8. The molecule has 0 radical (unpaired) electrons. The second-order valence-electron chi connectivity index (χ2n) is 8.77. The average Bonchev–Trinajstić information content (AvgIpc) is 3.42. The molecule has 1 aliphatic heterocycles. The quantitative estimate of drug-likeness (QED) is 0.141. The van der Waals surface area contributed by atoms with Crippen molar-refractivity contribution in [2.24, 2.45) is 17.8 Å². The van der Waals surface area contributed by atoms with Crippen LogP contribution < -0.4 is 5.32 Å². The second kappa shape index (κ2) is 10.8. The Morgan fingerprint density at radius 2 is 1.78 bits per heavy atom. The molecule has 9 N–H and O–H groups in total. The van der Waals surface area contributed by atoms with Crippen molar-refractivity contribution in [3.8, 4) is 0 Å². The third-order valence-electron chi connectivity index (χ3n) is 6.59. The summed E-state index contributed by atoms with van der Waals surface area (Å²) in [4.78, 5) is 12.4. The molecule has 32 heavy (non-hydrogen) atoms. The first-order valence-corrected chi connectivity index (χ1v) is 10.7. The van der Waals surface area contributed by atoms with E-state index in [2.05, 4.69) is 17.5 Å². The number of aliphatic hydroxyl groups is 8. The van der Waals surface area contributed by atoms with Crippen LogP contribution in [0, 0.1) is 17.8 Å². The van der Waals surface area contributed by atoms with Crippen molar-refractivity contribution in [3.05, 3.63) is 12.2 Å². The minimum absolute atomic E-state index is 0.225. The number of hydrogen-bond donors (Lipinski definition) is 9. The second-order valence-corrected chi connectivity index (χ2v) is 8.77. The van der Waals surface area contributed by atoms with Crippen molar-refractivity contribution >= 4 is 5.91 Å². The van der Waals surface area contributed by atoms with Crippen molar-refractivity contribution in [1.29, 1.82) is 0 Å². The molecule has 2 bridgehead atoms. The number of ether oxygens (including phenoxy) is 2. The molecule has 12 nitrogen and oxygen atoms in total. The normalized spacial score (nSPS) is 40.1. The summed E-state index contributed by atoms with van der Waals surface area (Å²) in [5.41, 5.74) is 0. The van der Waals surface area contributed by atoms with E-state index < -0.39 is 74.2 Å². The summed E-state index contributed by atoms with van der Waals surface area (Å²) >= 11 is 0. The first kappa shape index (κ1) is 25.4. The molecule has 3 rings (SSSR count). The Balaban J connectivity index is 1.61. The number of aliphatic hydroxyl groups excluding tert-OH is 8. The van der Waals surface area contributed by atoms with Gasteiger partial charge in [-0.25, -0.2) is 0 Å². The highest BCUT2D eigenvalue weighted by atomic mass is 16.7. The van der Waals surface area contributed by atoms with E-state index in [4.69, 9.17) is 9.47 Å². The Kier molecular flexibility index (Phi) is 8.60. The highest BCUT2D eigenvalue weighted by Crippen LogP contribution is 2.42. The van der Waals surface area contributed by atoms with E-state index in [0.717, 1.165) is 12.8 Å². The monoisotopic (exact) mass is 463 g/mol. The van der Waals surface area contributed by atoms with Gasteiger partial charge in [-0.15, -0.1) is 0 Å². The summed E-state index contributed by atoms with van der Waals surface area (Å²) in [6, 6.07) is 0. The number of allylic oxidation sites excluding steroid dienone is 2. The van der Waals surface area contributed by atoms with E-state index in [9.17, 15) is 45.6 Å². The number of hydrogen-bond acceptors (Lipinski definition) is 11. The molecule has 1 saturated heterocycles. The van der Waals surface area contributed by atoms with E-state index in [-0.39, 0.29) is 5.92 Å². The van der Waals surface area contributed by atoms with Gasteiger partial charge in [0.05, 0.1) is 13.2 Å². The molecule has 12 heteroatoms. The fraction of sp³-hybridized carbons (Fsp3) is 0.850. The van der Waals surface area contributed by atoms with Gasteiger partial charge in [0.15, 0.2) is 12.4 Å². The number of rotatable bonds is 10. The molecule has 2 fully saturated rings. The molecule has 2 aliphatic carbocycles. The summed E-state index contributed by atoms with van der Waals surface area (Å²) < 4.78 is 10.5. The lowest BCUT2D eigenvalue weighted by Crippen LogP contribution is -2.62. The van der Waals surface area contributed by atoms with Gasteiger partial charge in [-0.2, -0.15) is 0 Å². The molecule has 3 unspecified atom stereocenters. The van der Waals surface area contributed by atoms with Crippen molar-refractivity contribution in [3.63, 3.8) is 0 Å². The van der Waals surface area contributed by atoms with Crippen LogP contribution in [0.25, 0.3) is 0 Å². The lowest BCUT2D eigenvalue weighted by atomic mass is 9.93. The van der Waals surface area contributed by atoms with Crippen LogP contribution in [0.1, 0.15) is 12.8 Å². The van der Waals surface area contributed by atoms with Crippen LogP contribution in [0.4, 0.5) is 0 Å². The smallest absolute Gasteiger partial charge is 0.251 e. The van der Waals surface area contributed by atoms with Gasteiger partial charge >= 0.3 is 0 Å². The maximum absolute atomic E-state index is 12.4. The zero-order valence-corrected chi connectivity index (χ0v) is 17.4. The predicted octanol–water partition coefficient (Wildman–Crippen LogP) is -4.43. The van der Waals surface area contributed by atoms with E-state index >= 15 is 0 Å². The van der Waals surface area contributed by atoms with Gasteiger partial charge in [-0.1, -0.05) is 12.2 Å². The van der Waals surface area contributed by atoms with E-state index in [1.807, 2.05) is 0 Å². The number of amides is 1. The summed E-state index contributed by atoms with van der Waals surface area (Å²) in [7, 11) is 0. The third kappa shape index (κ3) is 5.30. The fourth-order valence-corrected chi connectivity index (χ4v) is 4.64. The van der Waals surface area contributed by atoms with Crippen molar-refractivity contribution in [2.45, 2.75) is 68.0 Å². The largest absolute Gasteiger partial charge is 0.394 e. The summed E-state index contributed by atoms with van der Waals surface area (Å²) in [5.74, 6) is 0.175. The topological polar surface area (TPSA) is 209 Å². The van der Waals surface area contributed by atoms with Crippen LogP contribution in [0.5, 0.6) is 0 Å². The standard InChI is InChI=1S/C20H33NO11/c22-6-11(24)18(32-20-17(29)14(26)13(25)12(7-23)31-20)15(27)16(28)19(30)21-5-10-4-8-1-2-9(10)3-8/h1-2,8-18,20,22-29H,3-7H2,(H,21,30)/t8?,9?,10?,11-,12-,13+,14+,15-,16-,17-,18-,20+/m1/s1. The molecule has 0 spiro atoms. The van der Waals surface area contributed by atoms with Gasteiger partial charge in [-0.05, 0) is 30.6 Å².